The number of amides is 1. The van der Waals surface area contributed by atoms with E-state index in [1.165, 1.54) is 17.8 Å². The molecule has 4 rings (SSSR count). The van der Waals surface area contributed by atoms with Crippen LogP contribution in [0.3, 0.4) is 0 Å². The SMILES string of the molecule is Cc1cc(=O)n2c(n1)SC[C@@H]2CC(=O)Nc1ccc2c(c1)OCO2. The van der Waals surface area contributed by atoms with E-state index in [-0.39, 0.29) is 30.7 Å². The van der Waals surface area contributed by atoms with Gasteiger partial charge in [-0.15, -0.1) is 0 Å². The monoisotopic (exact) mass is 345 g/mol. The number of hydrogen-bond donors (Lipinski definition) is 1. The molecule has 1 amide bonds. The topological polar surface area (TPSA) is 82.5 Å². The molecule has 0 bridgehead atoms. The highest BCUT2D eigenvalue weighted by molar-refractivity contribution is 7.99. The third-order valence-electron chi connectivity index (χ3n) is 3.90. The summed E-state index contributed by atoms with van der Waals surface area (Å²) in [6, 6.07) is 6.57. The molecule has 0 saturated carbocycles. The average Bonchev–Trinajstić information content (AvgIpc) is 3.13. The quantitative estimate of drug-likeness (QED) is 0.856. The van der Waals surface area contributed by atoms with Gasteiger partial charge >= 0.3 is 0 Å². The van der Waals surface area contributed by atoms with Gasteiger partial charge in [0.15, 0.2) is 16.7 Å². The molecule has 2 aromatic rings. The standard InChI is InChI=1S/C16H15N3O4S/c1-9-4-15(21)19-11(7-24-16(19)17-9)6-14(20)18-10-2-3-12-13(5-10)23-8-22-12/h2-5,11H,6-8H2,1H3,(H,18,20)/t11-/m0/s1. The summed E-state index contributed by atoms with van der Waals surface area (Å²) in [6.45, 7) is 1.99. The van der Waals surface area contributed by atoms with E-state index in [1.54, 1.807) is 29.7 Å². The van der Waals surface area contributed by atoms with Gasteiger partial charge in [0, 0.05) is 35.7 Å². The zero-order chi connectivity index (χ0) is 16.7. The molecule has 0 fully saturated rings. The maximum absolute atomic E-state index is 12.3. The molecule has 1 aromatic carbocycles. The van der Waals surface area contributed by atoms with Gasteiger partial charge < -0.3 is 14.8 Å². The fraction of sp³-hybridized carbons (Fsp3) is 0.312. The Morgan fingerprint density at radius 1 is 1.38 bits per heavy atom. The molecule has 2 aliphatic rings. The number of aromatic nitrogens is 2. The van der Waals surface area contributed by atoms with Crippen LogP contribution in [0.4, 0.5) is 5.69 Å². The minimum absolute atomic E-state index is 0.108. The summed E-state index contributed by atoms with van der Waals surface area (Å²) in [4.78, 5) is 28.8. The van der Waals surface area contributed by atoms with Crippen LogP contribution in [-0.4, -0.2) is 28.0 Å². The van der Waals surface area contributed by atoms with Gasteiger partial charge in [-0.05, 0) is 19.1 Å². The van der Waals surface area contributed by atoms with E-state index in [0.29, 0.717) is 33.8 Å². The lowest BCUT2D eigenvalue weighted by Gasteiger charge is -2.13. The molecule has 2 aliphatic heterocycles. The molecule has 124 valence electrons. The minimum Gasteiger partial charge on any atom is -0.454 e. The second kappa shape index (κ2) is 5.86. The highest BCUT2D eigenvalue weighted by Gasteiger charge is 2.27. The van der Waals surface area contributed by atoms with E-state index >= 15 is 0 Å². The van der Waals surface area contributed by atoms with Gasteiger partial charge in [-0.25, -0.2) is 4.98 Å². The summed E-state index contributed by atoms with van der Waals surface area (Å²) in [6.07, 6.45) is 0.221. The molecule has 0 unspecified atom stereocenters. The van der Waals surface area contributed by atoms with Crippen molar-refractivity contribution in [1.29, 1.82) is 0 Å². The largest absolute Gasteiger partial charge is 0.454 e. The van der Waals surface area contributed by atoms with Gasteiger partial charge in [-0.2, -0.15) is 0 Å². The molecule has 1 atom stereocenters. The van der Waals surface area contributed by atoms with E-state index in [1.807, 2.05) is 0 Å². The van der Waals surface area contributed by atoms with Crippen LogP contribution in [0.1, 0.15) is 18.2 Å². The zero-order valence-corrected chi connectivity index (χ0v) is 13.8. The van der Waals surface area contributed by atoms with Gasteiger partial charge in [-0.3, -0.25) is 14.2 Å². The number of fused-ring (bicyclic) bond motifs is 2. The van der Waals surface area contributed by atoms with Gasteiger partial charge in [0.2, 0.25) is 12.7 Å². The molecular weight excluding hydrogens is 330 g/mol. The van der Waals surface area contributed by atoms with E-state index < -0.39 is 0 Å². The number of nitrogens with zero attached hydrogens (tertiary/aromatic N) is 2. The first-order valence-electron chi connectivity index (χ1n) is 7.52. The average molecular weight is 345 g/mol. The lowest BCUT2D eigenvalue weighted by Crippen LogP contribution is -2.27. The smallest absolute Gasteiger partial charge is 0.254 e. The first kappa shape index (κ1) is 15.1. The Kier molecular flexibility index (Phi) is 3.68. The highest BCUT2D eigenvalue weighted by atomic mass is 32.2. The first-order chi connectivity index (χ1) is 11.6. The van der Waals surface area contributed by atoms with Crippen molar-refractivity contribution in [1.82, 2.24) is 9.55 Å². The number of aryl methyl sites for hydroxylation is 1. The van der Waals surface area contributed by atoms with E-state index in [2.05, 4.69) is 10.3 Å². The van der Waals surface area contributed by atoms with Crippen molar-refractivity contribution in [3.63, 3.8) is 0 Å². The van der Waals surface area contributed by atoms with Gasteiger partial charge in [0.05, 0.1) is 6.04 Å². The number of rotatable bonds is 3. The Balaban J connectivity index is 1.48. The Hall–Kier alpha value is -2.48. The number of ether oxygens (including phenoxy) is 2. The summed E-state index contributed by atoms with van der Waals surface area (Å²) < 4.78 is 12.2. The third kappa shape index (κ3) is 2.73. The number of carbonyl (C=O) groups is 1. The van der Waals surface area contributed by atoms with Gasteiger partial charge in [0.25, 0.3) is 5.56 Å². The second-order valence-electron chi connectivity index (χ2n) is 5.67. The normalized spacial score (nSPS) is 17.6. The molecule has 0 saturated heterocycles. The fourth-order valence-electron chi connectivity index (χ4n) is 2.81. The van der Waals surface area contributed by atoms with Crippen molar-refractivity contribution in [3.8, 4) is 11.5 Å². The minimum atomic E-state index is -0.181. The van der Waals surface area contributed by atoms with E-state index in [0.717, 1.165) is 0 Å². The predicted molar refractivity (Wildman–Crippen MR) is 88.8 cm³/mol. The maximum atomic E-state index is 12.3. The van der Waals surface area contributed by atoms with Crippen LogP contribution in [0.2, 0.25) is 0 Å². The highest BCUT2D eigenvalue weighted by Crippen LogP contribution is 2.35. The Labute approximate surface area is 142 Å². The number of nitrogens with one attached hydrogen (secondary N) is 1. The summed E-state index contributed by atoms with van der Waals surface area (Å²) in [7, 11) is 0. The lowest BCUT2D eigenvalue weighted by molar-refractivity contribution is -0.116. The zero-order valence-electron chi connectivity index (χ0n) is 12.9. The van der Waals surface area contributed by atoms with Crippen LogP contribution < -0.4 is 20.3 Å². The van der Waals surface area contributed by atoms with Crippen molar-refractivity contribution in [2.75, 3.05) is 17.9 Å². The van der Waals surface area contributed by atoms with Crippen molar-refractivity contribution < 1.29 is 14.3 Å². The van der Waals surface area contributed by atoms with Crippen molar-refractivity contribution in [2.45, 2.75) is 24.5 Å². The third-order valence-corrected chi connectivity index (χ3v) is 4.99. The molecule has 1 N–H and O–H groups in total. The number of carbonyl (C=O) groups excluding carboxylic acids is 1. The Morgan fingerprint density at radius 2 is 2.21 bits per heavy atom. The number of hydrogen-bond acceptors (Lipinski definition) is 6. The lowest BCUT2D eigenvalue weighted by atomic mass is 10.2. The number of benzene rings is 1. The van der Waals surface area contributed by atoms with Crippen LogP contribution in [0.15, 0.2) is 34.2 Å². The summed E-state index contributed by atoms with van der Waals surface area (Å²) in [5.41, 5.74) is 1.23. The van der Waals surface area contributed by atoms with Crippen LogP contribution in [-0.2, 0) is 4.79 Å². The molecule has 0 radical (unpaired) electrons. The van der Waals surface area contributed by atoms with Crippen LogP contribution in [0.25, 0.3) is 0 Å². The number of thioether (sulfide) groups is 1. The van der Waals surface area contributed by atoms with Crippen molar-refractivity contribution in [2.24, 2.45) is 0 Å². The maximum Gasteiger partial charge on any atom is 0.254 e. The van der Waals surface area contributed by atoms with E-state index in [9.17, 15) is 9.59 Å². The van der Waals surface area contributed by atoms with E-state index in [4.69, 9.17) is 9.47 Å². The number of anilines is 1. The molecule has 7 nitrogen and oxygen atoms in total. The first-order valence-corrected chi connectivity index (χ1v) is 8.51. The van der Waals surface area contributed by atoms with Crippen molar-refractivity contribution >= 4 is 23.4 Å². The summed E-state index contributed by atoms with van der Waals surface area (Å²) in [5.74, 6) is 1.80. The Bertz CT molecular complexity index is 880. The Morgan fingerprint density at radius 3 is 3.08 bits per heavy atom. The molecule has 8 heteroatoms. The van der Waals surface area contributed by atoms with Gasteiger partial charge in [0.1, 0.15) is 0 Å². The molecule has 3 heterocycles. The predicted octanol–water partition coefficient (Wildman–Crippen LogP) is 1.96. The van der Waals surface area contributed by atoms with Crippen molar-refractivity contribution in [3.05, 3.63) is 40.3 Å². The molecule has 1 aromatic heterocycles. The fourth-order valence-corrected chi connectivity index (χ4v) is 4.01. The van der Waals surface area contributed by atoms with Crippen LogP contribution in [0, 0.1) is 6.92 Å². The molecule has 24 heavy (non-hydrogen) atoms. The van der Waals surface area contributed by atoms with Crippen LogP contribution in [0.5, 0.6) is 11.5 Å². The molecule has 0 aliphatic carbocycles. The molecular formula is C16H15N3O4S. The summed E-state index contributed by atoms with van der Waals surface area (Å²) >= 11 is 1.50. The summed E-state index contributed by atoms with van der Waals surface area (Å²) in [5, 5.41) is 3.52. The van der Waals surface area contributed by atoms with Gasteiger partial charge in [-0.1, -0.05) is 11.8 Å². The second-order valence-corrected chi connectivity index (χ2v) is 6.66. The molecule has 0 spiro atoms. The van der Waals surface area contributed by atoms with Crippen LogP contribution >= 0.6 is 11.8 Å².